The van der Waals surface area contributed by atoms with Gasteiger partial charge in [0.05, 0.1) is 18.7 Å². The molecule has 0 fully saturated rings. The van der Waals surface area contributed by atoms with Crippen molar-refractivity contribution >= 4 is 17.6 Å². The first-order valence-electron chi connectivity index (χ1n) is 5.20. The first kappa shape index (κ1) is 13.8. The van der Waals surface area contributed by atoms with Crippen LogP contribution in [0.5, 0.6) is 5.75 Å². The van der Waals surface area contributed by atoms with Gasteiger partial charge in [-0.2, -0.15) is 0 Å². The standard InChI is InChI=1S/C12H15ClO4/c1-4-17-12(15)11(14)9-6-8(16-3)5-7(2)10(9)13/h5-6,11,14H,4H2,1-3H3. The number of aryl methyl sites for hydroxylation is 1. The summed E-state index contributed by atoms with van der Waals surface area (Å²) in [5, 5.41) is 10.2. The van der Waals surface area contributed by atoms with Crippen LogP contribution in [0.3, 0.4) is 0 Å². The van der Waals surface area contributed by atoms with Gasteiger partial charge in [-0.15, -0.1) is 0 Å². The Hall–Kier alpha value is -1.26. The van der Waals surface area contributed by atoms with E-state index in [-0.39, 0.29) is 6.61 Å². The first-order valence-corrected chi connectivity index (χ1v) is 5.57. The number of rotatable bonds is 4. The summed E-state index contributed by atoms with van der Waals surface area (Å²) in [5.74, 6) is -0.188. The van der Waals surface area contributed by atoms with E-state index in [1.165, 1.54) is 13.2 Å². The molecule has 1 aromatic rings. The molecule has 94 valence electrons. The summed E-state index contributed by atoms with van der Waals surface area (Å²) >= 11 is 6.04. The lowest BCUT2D eigenvalue weighted by atomic mass is 10.1. The van der Waals surface area contributed by atoms with Crippen LogP contribution in [0, 0.1) is 6.92 Å². The molecular formula is C12H15ClO4. The van der Waals surface area contributed by atoms with Crippen molar-refractivity contribution in [3.05, 3.63) is 28.3 Å². The third-order valence-electron chi connectivity index (χ3n) is 2.30. The minimum Gasteiger partial charge on any atom is -0.497 e. The molecule has 0 saturated heterocycles. The highest BCUT2D eigenvalue weighted by Crippen LogP contribution is 2.31. The van der Waals surface area contributed by atoms with Crippen LogP contribution in [0.4, 0.5) is 0 Å². The van der Waals surface area contributed by atoms with E-state index in [4.69, 9.17) is 21.1 Å². The first-order chi connectivity index (χ1) is 8.01. The van der Waals surface area contributed by atoms with Gasteiger partial charge in [-0.05, 0) is 31.5 Å². The topological polar surface area (TPSA) is 55.8 Å². The average molecular weight is 259 g/mol. The fourth-order valence-electron chi connectivity index (χ4n) is 1.43. The van der Waals surface area contributed by atoms with Gasteiger partial charge in [0.15, 0.2) is 6.10 Å². The molecular weight excluding hydrogens is 244 g/mol. The van der Waals surface area contributed by atoms with Crippen LogP contribution in [0.25, 0.3) is 0 Å². The molecule has 1 unspecified atom stereocenters. The SMILES string of the molecule is CCOC(=O)C(O)c1cc(OC)cc(C)c1Cl. The Balaban J connectivity index is 3.11. The Bertz CT molecular complexity index is 417. The maximum absolute atomic E-state index is 11.4. The Morgan fingerprint density at radius 2 is 2.18 bits per heavy atom. The number of esters is 1. The highest BCUT2D eigenvalue weighted by Gasteiger charge is 2.23. The van der Waals surface area contributed by atoms with Crippen molar-refractivity contribution in [3.63, 3.8) is 0 Å². The molecule has 0 radical (unpaired) electrons. The van der Waals surface area contributed by atoms with Crippen LogP contribution in [-0.2, 0) is 9.53 Å². The Morgan fingerprint density at radius 1 is 1.53 bits per heavy atom. The fraction of sp³-hybridized carbons (Fsp3) is 0.417. The average Bonchev–Trinajstić information content (AvgIpc) is 2.31. The second-order valence-corrected chi connectivity index (χ2v) is 3.88. The van der Waals surface area contributed by atoms with E-state index in [0.717, 1.165) is 5.56 Å². The van der Waals surface area contributed by atoms with E-state index >= 15 is 0 Å². The van der Waals surface area contributed by atoms with Crippen LogP contribution < -0.4 is 4.74 Å². The van der Waals surface area contributed by atoms with Gasteiger partial charge >= 0.3 is 5.97 Å². The molecule has 1 aromatic carbocycles. The monoisotopic (exact) mass is 258 g/mol. The summed E-state index contributed by atoms with van der Waals surface area (Å²) in [7, 11) is 1.50. The highest BCUT2D eigenvalue weighted by molar-refractivity contribution is 6.32. The molecule has 0 amide bonds. The molecule has 0 heterocycles. The maximum atomic E-state index is 11.4. The normalized spacial score (nSPS) is 12.1. The van der Waals surface area contributed by atoms with Crippen molar-refractivity contribution in [2.45, 2.75) is 20.0 Å². The van der Waals surface area contributed by atoms with Crippen molar-refractivity contribution in [1.29, 1.82) is 0 Å². The molecule has 0 bridgehead atoms. The number of aliphatic hydroxyl groups excluding tert-OH is 1. The van der Waals surface area contributed by atoms with Gasteiger partial charge in [0, 0.05) is 5.56 Å². The molecule has 4 nitrogen and oxygen atoms in total. The van der Waals surface area contributed by atoms with Crippen LogP contribution in [-0.4, -0.2) is 24.8 Å². The number of hydrogen-bond donors (Lipinski definition) is 1. The number of methoxy groups -OCH3 is 1. The Kier molecular flexibility index (Phi) is 4.78. The third kappa shape index (κ3) is 3.11. The lowest BCUT2D eigenvalue weighted by Gasteiger charge is -2.14. The van der Waals surface area contributed by atoms with Gasteiger partial charge in [0.25, 0.3) is 0 Å². The van der Waals surface area contributed by atoms with Crippen molar-refractivity contribution in [1.82, 2.24) is 0 Å². The van der Waals surface area contributed by atoms with Crippen molar-refractivity contribution in [3.8, 4) is 5.75 Å². The number of halogens is 1. The molecule has 1 N–H and O–H groups in total. The minimum absolute atomic E-state index is 0.205. The van der Waals surface area contributed by atoms with Gasteiger partial charge in [-0.1, -0.05) is 11.6 Å². The molecule has 1 rings (SSSR count). The molecule has 0 aliphatic heterocycles. The predicted octanol–water partition coefficient (Wildman–Crippen LogP) is 2.25. The zero-order valence-corrected chi connectivity index (χ0v) is 10.7. The number of benzene rings is 1. The number of carbonyl (C=O) groups is 1. The molecule has 17 heavy (non-hydrogen) atoms. The van der Waals surface area contributed by atoms with Gasteiger partial charge < -0.3 is 14.6 Å². The molecule has 0 aromatic heterocycles. The minimum atomic E-state index is -1.39. The molecule has 0 saturated carbocycles. The second-order valence-electron chi connectivity index (χ2n) is 3.50. The molecule has 0 spiro atoms. The van der Waals surface area contributed by atoms with Crippen LogP contribution in [0.1, 0.15) is 24.2 Å². The smallest absolute Gasteiger partial charge is 0.339 e. The summed E-state index contributed by atoms with van der Waals surface area (Å²) in [4.78, 5) is 11.4. The zero-order valence-electron chi connectivity index (χ0n) is 9.99. The summed E-state index contributed by atoms with van der Waals surface area (Å²) < 4.78 is 9.80. The van der Waals surface area contributed by atoms with Crippen LogP contribution in [0.2, 0.25) is 5.02 Å². The van der Waals surface area contributed by atoms with E-state index in [2.05, 4.69) is 0 Å². The van der Waals surface area contributed by atoms with Gasteiger partial charge in [-0.25, -0.2) is 4.79 Å². The number of hydrogen-bond acceptors (Lipinski definition) is 4. The van der Waals surface area contributed by atoms with Crippen LogP contribution >= 0.6 is 11.6 Å². The van der Waals surface area contributed by atoms with Gasteiger partial charge in [0.1, 0.15) is 5.75 Å². The summed E-state index contributed by atoms with van der Waals surface area (Å²) in [5.41, 5.74) is 1.02. The quantitative estimate of drug-likeness (QED) is 0.842. The van der Waals surface area contributed by atoms with Gasteiger partial charge in [-0.3, -0.25) is 0 Å². The summed E-state index contributed by atoms with van der Waals surface area (Å²) in [6.45, 7) is 3.64. The van der Waals surface area contributed by atoms with Crippen LogP contribution in [0.15, 0.2) is 12.1 Å². The number of ether oxygens (including phenoxy) is 2. The van der Waals surface area contributed by atoms with E-state index in [0.29, 0.717) is 16.3 Å². The lowest BCUT2D eigenvalue weighted by molar-refractivity contribution is -0.153. The Morgan fingerprint density at radius 3 is 2.71 bits per heavy atom. The van der Waals surface area contributed by atoms with Crippen molar-refractivity contribution in [2.75, 3.05) is 13.7 Å². The Labute approximate surface area is 105 Å². The predicted molar refractivity (Wildman–Crippen MR) is 64.3 cm³/mol. The van der Waals surface area contributed by atoms with E-state index in [9.17, 15) is 9.90 Å². The van der Waals surface area contributed by atoms with Gasteiger partial charge in [0.2, 0.25) is 0 Å². The maximum Gasteiger partial charge on any atom is 0.339 e. The lowest BCUT2D eigenvalue weighted by Crippen LogP contribution is -2.16. The summed E-state index contributed by atoms with van der Waals surface area (Å²) in [6, 6.07) is 3.25. The molecule has 1 atom stereocenters. The molecule has 0 aliphatic carbocycles. The number of carbonyl (C=O) groups excluding carboxylic acids is 1. The van der Waals surface area contributed by atoms with Crippen molar-refractivity contribution < 1.29 is 19.4 Å². The highest BCUT2D eigenvalue weighted by atomic mass is 35.5. The number of aliphatic hydroxyl groups is 1. The van der Waals surface area contributed by atoms with E-state index < -0.39 is 12.1 Å². The largest absolute Gasteiger partial charge is 0.497 e. The van der Waals surface area contributed by atoms with E-state index in [1.54, 1.807) is 19.9 Å². The third-order valence-corrected chi connectivity index (χ3v) is 2.81. The fourth-order valence-corrected chi connectivity index (χ4v) is 1.64. The summed E-state index contributed by atoms with van der Waals surface area (Å²) in [6.07, 6.45) is -1.39. The van der Waals surface area contributed by atoms with Crippen molar-refractivity contribution in [2.24, 2.45) is 0 Å². The second kappa shape index (κ2) is 5.89. The molecule has 5 heteroatoms. The zero-order chi connectivity index (χ0) is 13.0. The van der Waals surface area contributed by atoms with E-state index in [1.807, 2.05) is 0 Å². The molecule has 0 aliphatic rings.